The van der Waals surface area contributed by atoms with E-state index < -0.39 is 0 Å². The van der Waals surface area contributed by atoms with E-state index in [1.807, 2.05) is 0 Å². The summed E-state index contributed by atoms with van der Waals surface area (Å²) in [6, 6.07) is 10.5. The van der Waals surface area contributed by atoms with Gasteiger partial charge in [0.05, 0.1) is 0 Å². The summed E-state index contributed by atoms with van der Waals surface area (Å²) < 4.78 is 0. The molecule has 0 unspecified atom stereocenters. The number of benzene rings is 1. The molecule has 1 aliphatic rings. The summed E-state index contributed by atoms with van der Waals surface area (Å²) in [5.74, 6) is 1.01. The minimum absolute atomic E-state index is 1.01. The Kier molecular flexibility index (Phi) is 4.87. The highest BCUT2D eigenvalue weighted by Crippen LogP contribution is 2.29. The van der Waals surface area contributed by atoms with Crippen molar-refractivity contribution in [2.75, 3.05) is 31.5 Å². The SMILES string of the molecule is CCN(CCCNc1ccccc1)CC1CC1. The molecule has 0 bridgehead atoms. The molecular weight excluding hydrogens is 208 g/mol. The van der Waals surface area contributed by atoms with Crippen molar-refractivity contribution in [3.63, 3.8) is 0 Å². The molecule has 0 aromatic heterocycles. The second-order valence-electron chi connectivity index (χ2n) is 4.98. The van der Waals surface area contributed by atoms with Crippen LogP contribution in [0, 0.1) is 5.92 Å². The first-order valence-corrected chi connectivity index (χ1v) is 6.89. The lowest BCUT2D eigenvalue weighted by Crippen LogP contribution is -2.28. The van der Waals surface area contributed by atoms with Gasteiger partial charge in [-0.2, -0.15) is 0 Å². The van der Waals surface area contributed by atoms with Gasteiger partial charge in [-0.05, 0) is 50.4 Å². The predicted octanol–water partition coefficient (Wildman–Crippen LogP) is 3.22. The maximum Gasteiger partial charge on any atom is 0.0340 e. The fourth-order valence-electron chi connectivity index (χ4n) is 2.14. The van der Waals surface area contributed by atoms with Crippen LogP contribution in [0.25, 0.3) is 0 Å². The lowest BCUT2D eigenvalue weighted by Gasteiger charge is -2.20. The van der Waals surface area contributed by atoms with E-state index in [2.05, 4.69) is 47.5 Å². The molecule has 0 atom stereocenters. The number of rotatable bonds is 8. The zero-order valence-electron chi connectivity index (χ0n) is 10.9. The van der Waals surface area contributed by atoms with E-state index in [1.165, 1.54) is 44.6 Å². The van der Waals surface area contributed by atoms with Crippen LogP contribution in [-0.2, 0) is 0 Å². The Labute approximate surface area is 105 Å². The van der Waals surface area contributed by atoms with Gasteiger partial charge in [-0.15, -0.1) is 0 Å². The molecule has 1 aliphatic carbocycles. The summed E-state index contributed by atoms with van der Waals surface area (Å²) in [6.45, 7) is 7.09. The van der Waals surface area contributed by atoms with Crippen LogP contribution in [0.15, 0.2) is 30.3 Å². The summed E-state index contributed by atoms with van der Waals surface area (Å²) in [5.41, 5.74) is 1.23. The molecule has 1 aromatic rings. The summed E-state index contributed by atoms with van der Waals surface area (Å²) in [7, 11) is 0. The molecule has 0 saturated heterocycles. The Morgan fingerprint density at radius 2 is 2.00 bits per heavy atom. The van der Waals surface area contributed by atoms with Gasteiger partial charge in [0.2, 0.25) is 0 Å². The van der Waals surface area contributed by atoms with Gasteiger partial charge in [-0.3, -0.25) is 0 Å². The van der Waals surface area contributed by atoms with E-state index in [-0.39, 0.29) is 0 Å². The first-order chi connectivity index (χ1) is 8.38. The van der Waals surface area contributed by atoms with Crippen LogP contribution in [0.4, 0.5) is 5.69 Å². The topological polar surface area (TPSA) is 15.3 Å². The molecule has 0 heterocycles. The average Bonchev–Trinajstić information content (AvgIpc) is 3.18. The Morgan fingerprint density at radius 1 is 1.24 bits per heavy atom. The Morgan fingerprint density at radius 3 is 2.65 bits per heavy atom. The molecule has 2 rings (SSSR count). The van der Waals surface area contributed by atoms with Crippen molar-refractivity contribution in [2.45, 2.75) is 26.2 Å². The standard InChI is InChI=1S/C15H24N2/c1-2-17(13-14-9-10-14)12-6-11-16-15-7-4-3-5-8-15/h3-5,7-8,14,16H,2,6,9-13H2,1H3. The van der Waals surface area contributed by atoms with E-state index >= 15 is 0 Å². The van der Waals surface area contributed by atoms with Gasteiger partial charge < -0.3 is 10.2 Å². The Bertz CT molecular complexity index is 306. The number of para-hydroxylation sites is 1. The third-order valence-electron chi connectivity index (χ3n) is 3.41. The monoisotopic (exact) mass is 232 g/mol. The van der Waals surface area contributed by atoms with Crippen LogP contribution >= 0.6 is 0 Å². The zero-order chi connectivity index (χ0) is 11.9. The van der Waals surface area contributed by atoms with Crippen LogP contribution in [0.2, 0.25) is 0 Å². The molecule has 17 heavy (non-hydrogen) atoms. The summed E-state index contributed by atoms with van der Waals surface area (Å²) in [6.07, 6.45) is 4.15. The van der Waals surface area contributed by atoms with Crippen molar-refractivity contribution < 1.29 is 0 Å². The third kappa shape index (κ3) is 4.78. The largest absolute Gasteiger partial charge is 0.385 e. The maximum atomic E-state index is 3.47. The number of nitrogens with zero attached hydrogens (tertiary/aromatic N) is 1. The summed E-state index contributed by atoms with van der Waals surface area (Å²) in [5, 5.41) is 3.47. The van der Waals surface area contributed by atoms with Gasteiger partial charge in [-0.1, -0.05) is 25.1 Å². The lowest BCUT2D eigenvalue weighted by atomic mass is 10.3. The molecule has 2 nitrogen and oxygen atoms in total. The van der Waals surface area contributed by atoms with Gasteiger partial charge >= 0.3 is 0 Å². The number of hydrogen-bond acceptors (Lipinski definition) is 2. The second-order valence-corrected chi connectivity index (χ2v) is 4.98. The smallest absolute Gasteiger partial charge is 0.0340 e. The van der Waals surface area contributed by atoms with Gasteiger partial charge in [0, 0.05) is 18.8 Å². The number of hydrogen-bond donors (Lipinski definition) is 1. The van der Waals surface area contributed by atoms with Crippen LogP contribution in [0.3, 0.4) is 0 Å². The van der Waals surface area contributed by atoms with Crippen LogP contribution < -0.4 is 5.32 Å². The van der Waals surface area contributed by atoms with Gasteiger partial charge in [-0.25, -0.2) is 0 Å². The number of anilines is 1. The minimum Gasteiger partial charge on any atom is -0.385 e. The molecule has 1 saturated carbocycles. The summed E-state index contributed by atoms with van der Waals surface area (Å²) >= 11 is 0. The molecule has 0 spiro atoms. The molecule has 94 valence electrons. The van der Waals surface area contributed by atoms with E-state index in [9.17, 15) is 0 Å². The zero-order valence-corrected chi connectivity index (χ0v) is 10.9. The lowest BCUT2D eigenvalue weighted by molar-refractivity contribution is 0.276. The van der Waals surface area contributed by atoms with Crippen LogP contribution in [-0.4, -0.2) is 31.1 Å². The maximum absolute atomic E-state index is 3.47. The van der Waals surface area contributed by atoms with Crippen molar-refractivity contribution in [1.29, 1.82) is 0 Å². The summed E-state index contributed by atoms with van der Waals surface area (Å²) in [4.78, 5) is 2.59. The first-order valence-electron chi connectivity index (χ1n) is 6.89. The van der Waals surface area contributed by atoms with E-state index in [0.717, 1.165) is 12.5 Å². The van der Waals surface area contributed by atoms with Crippen molar-refractivity contribution in [3.8, 4) is 0 Å². The highest BCUT2D eigenvalue weighted by molar-refractivity contribution is 5.42. The molecule has 0 radical (unpaired) electrons. The molecule has 0 amide bonds. The normalized spacial score (nSPS) is 15.2. The van der Waals surface area contributed by atoms with E-state index in [0.29, 0.717) is 0 Å². The molecule has 1 fully saturated rings. The van der Waals surface area contributed by atoms with E-state index in [4.69, 9.17) is 0 Å². The molecule has 2 heteroatoms. The van der Waals surface area contributed by atoms with Gasteiger partial charge in [0.1, 0.15) is 0 Å². The fourth-order valence-corrected chi connectivity index (χ4v) is 2.14. The number of nitrogens with one attached hydrogen (secondary N) is 1. The second kappa shape index (κ2) is 6.65. The van der Waals surface area contributed by atoms with Gasteiger partial charge in [0.15, 0.2) is 0 Å². The molecule has 0 aliphatic heterocycles. The highest BCUT2D eigenvalue weighted by Gasteiger charge is 2.23. The van der Waals surface area contributed by atoms with Crippen molar-refractivity contribution in [3.05, 3.63) is 30.3 Å². The predicted molar refractivity (Wildman–Crippen MR) is 74.4 cm³/mol. The van der Waals surface area contributed by atoms with Crippen molar-refractivity contribution >= 4 is 5.69 Å². The third-order valence-corrected chi connectivity index (χ3v) is 3.41. The Hall–Kier alpha value is -1.02. The minimum atomic E-state index is 1.01. The van der Waals surface area contributed by atoms with E-state index in [1.54, 1.807) is 0 Å². The van der Waals surface area contributed by atoms with Crippen molar-refractivity contribution in [1.82, 2.24) is 4.90 Å². The van der Waals surface area contributed by atoms with Crippen molar-refractivity contribution in [2.24, 2.45) is 5.92 Å². The molecule has 1 N–H and O–H groups in total. The average molecular weight is 232 g/mol. The fraction of sp³-hybridized carbons (Fsp3) is 0.600. The quantitative estimate of drug-likeness (QED) is 0.692. The highest BCUT2D eigenvalue weighted by atomic mass is 15.1. The molecule has 1 aromatic carbocycles. The molecular formula is C15H24N2. The van der Waals surface area contributed by atoms with Crippen LogP contribution in [0.5, 0.6) is 0 Å². The first kappa shape index (κ1) is 12.4. The van der Waals surface area contributed by atoms with Gasteiger partial charge in [0.25, 0.3) is 0 Å². The Balaban J connectivity index is 1.58. The van der Waals surface area contributed by atoms with Crippen LogP contribution in [0.1, 0.15) is 26.2 Å².